The van der Waals surface area contributed by atoms with Crippen LogP contribution in [-0.4, -0.2) is 59.3 Å². The molecule has 1 fully saturated rings. The molecule has 2 N–H and O–H groups in total. The fraction of sp³-hybridized carbons (Fsp3) is 0.280. The lowest BCUT2D eigenvalue weighted by Crippen LogP contribution is -2.48. The van der Waals surface area contributed by atoms with Crippen LogP contribution in [0, 0.1) is 0 Å². The van der Waals surface area contributed by atoms with E-state index in [1.54, 1.807) is 25.3 Å². The van der Waals surface area contributed by atoms with Crippen LogP contribution in [0.3, 0.4) is 0 Å². The summed E-state index contributed by atoms with van der Waals surface area (Å²) in [5.74, 6) is 0.867. The Morgan fingerprint density at radius 3 is 2.41 bits per heavy atom. The fourth-order valence-corrected chi connectivity index (χ4v) is 4.59. The Morgan fingerprint density at radius 2 is 1.68 bits per heavy atom. The maximum absolute atomic E-state index is 13.1. The molecule has 1 saturated heterocycles. The van der Waals surface area contributed by atoms with Crippen molar-refractivity contribution in [3.05, 3.63) is 80.5 Å². The lowest BCUT2D eigenvalue weighted by atomic mass is 10.2. The van der Waals surface area contributed by atoms with E-state index in [-0.39, 0.29) is 5.56 Å². The van der Waals surface area contributed by atoms with Gasteiger partial charge in [-0.2, -0.15) is 0 Å². The first-order valence-electron chi connectivity index (χ1n) is 11.3. The number of rotatable bonds is 6. The van der Waals surface area contributed by atoms with Gasteiger partial charge >= 0.3 is 5.69 Å². The van der Waals surface area contributed by atoms with Crippen LogP contribution in [0.2, 0.25) is 5.02 Å². The summed E-state index contributed by atoms with van der Waals surface area (Å²) in [4.78, 5) is 36.3. The lowest BCUT2D eigenvalue weighted by molar-refractivity contribution is 0.245. The van der Waals surface area contributed by atoms with E-state index in [0.29, 0.717) is 29.1 Å². The maximum Gasteiger partial charge on any atom is 0.328 e. The summed E-state index contributed by atoms with van der Waals surface area (Å²) in [7, 11) is 1.68. The van der Waals surface area contributed by atoms with Gasteiger partial charge in [0.15, 0.2) is 0 Å². The molecule has 9 heteroatoms. The van der Waals surface area contributed by atoms with Gasteiger partial charge in [0.1, 0.15) is 11.3 Å². The monoisotopic (exact) mass is 479 g/mol. The van der Waals surface area contributed by atoms with Gasteiger partial charge in [0, 0.05) is 50.0 Å². The van der Waals surface area contributed by atoms with Gasteiger partial charge in [-0.15, -0.1) is 0 Å². The van der Waals surface area contributed by atoms with Crippen molar-refractivity contribution >= 4 is 28.3 Å². The number of nitrogens with zero attached hydrogens (tertiary/aromatic N) is 3. The van der Waals surface area contributed by atoms with Crippen LogP contribution >= 0.6 is 11.6 Å². The zero-order valence-electron chi connectivity index (χ0n) is 18.9. The van der Waals surface area contributed by atoms with Gasteiger partial charge < -0.3 is 19.6 Å². The van der Waals surface area contributed by atoms with Crippen LogP contribution < -0.4 is 20.9 Å². The third-order valence-corrected chi connectivity index (χ3v) is 6.61. The number of aromatic amines is 2. The van der Waals surface area contributed by atoms with Gasteiger partial charge in [-0.25, -0.2) is 4.79 Å². The van der Waals surface area contributed by atoms with Gasteiger partial charge in [-0.3, -0.25) is 14.3 Å². The first-order valence-corrected chi connectivity index (χ1v) is 11.6. The van der Waals surface area contributed by atoms with Crippen LogP contribution in [0.4, 0.5) is 5.69 Å². The number of H-pyrrole nitrogens is 2. The van der Waals surface area contributed by atoms with Crippen LogP contribution in [0.15, 0.2) is 64.2 Å². The number of benzene rings is 2. The number of halogens is 1. The number of anilines is 1. The molecule has 34 heavy (non-hydrogen) atoms. The SMILES string of the molecule is COc1ccccc1N1CCN(CCn2c(=O)[nH]c3cc(-c4ccc(Cl)cc4)[nH]c3c2=O)CC1. The van der Waals surface area contributed by atoms with Crippen molar-refractivity contribution in [2.45, 2.75) is 6.54 Å². The quantitative estimate of drug-likeness (QED) is 0.443. The highest BCUT2D eigenvalue weighted by atomic mass is 35.5. The average Bonchev–Trinajstić information content (AvgIpc) is 3.29. The molecule has 2 aromatic carbocycles. The number of para-hydroxylation sites is 2. The van der Waals surface area contributed by atoms with Crippen molar-refractivity contribution in [1.29, 1.82) is 0 Å². The standard InChI is InChI=1S/C25H26ClN5O3/c1-34-22-5-3-2-4-21(22)30-13-10-29(11-14-30)12-15-31-24(32)23-20(28-25(31)33)16-19(27-23)17-6-8-18(26)9-7-17/h2-9,16,27H,10-15H2,1H3,(H,28,33). The largest absolute Gasteiger partial charge is 0.495 e. The molecule has 0 bridgehead atoms. The van der Waals surface area contributed by atoms with Crippen molar-refractivity contribution in [3.8, 4) is 17.0 Å². The van der Waals surface area contributed by atoms with Crippen LogP contribution in [0.25, 0.3) is 22.3 Å². The smallest absolute Gasteiger partial charge is 0.328 e. The van der Waals surface area contributed by atoms with Gasteiger partial charge in [0.05, 0.1) is 18.3 Å². The molecule has 2 aromatic heterocycles. The van der Waals surface area contributed by atoms with Crippen molar-refractivity contribution in [2.24, 2.45) is 0 Å². The normalized spacial score (nSPS) is 14.6. The predicted molar refractivity (Wildman–Crippen MR) is 135 cm³/mol. The number of nitrogens with one attached hydrogen (secondary N) is 2. The molecule has 1 aliphatic heterocycles. The maximum atomic E-state index is 13.1. The molecule has 176 valence electrons. The number of methoxy groups -OCH3 is 1. The molecule has 0 atom stereocenters. The minimum Gasteiger partial charge on any atom is -0.495 e. The van der Waals surface area contributed by atoms with E-state index in [1.165, 1.54) is 4.57 Å². The highest BCUT2D eigenvalue weighted by molar-refractivity contribution is 6.30. The van der Waals surface area contributed by atoms with E-state index >= 15 is 0 Å². The first kappa shape index (κ1) is 22.3. The van der Waals surface area contributed by atoms with E-state index in [4.69, 9.17) is 16.3 Å². The van der Waals surface area contributed by atoms with Crippen molar-refractivity contribution in [1.82, 2.24) is 19.4 Å². The molecule has 3 heterocycles. The molecule has 8 nitrogen and oxygen atoms in total. The Balaban J connectivity index is 1.28. The summed E-state index contributed by atoms with van der Waals surface area (Å²) in [5, 5.41) is 0.638. The number of piperazine rings is 1. The Kier molecular flexibility index (Phi) is 6.17. The summed E-state index contributed by atoms with van der Waals surface area (Å²) < 4.78 is 6.76. The second kappa shape index (κ2) is 9.40. The summed E-state index contributed by atoms with van der Waals surface area (Å²) in [5.41, 5.74) is 2.92. The van der Waals surface area contributed by atoms with Crippen LogP contribution in [-0.2, 0) is 6.54 Å². The Labute approximate surface area is 201 Å². The van der Waals surface area contributed by atoms with Gasteiger partial charge in [-0.05, 0) is 35.9 Å². The van der Waals surface area contributed by atoms with Gasteiger partial charge in [-0.1, -0.05) is 35.9 Å². The van der Waals surface area contributed by atoms with E-state index in [0.717, 1.165) is 48.9 Å². The minimum absolute atomic E-state index is 0.313. The summed E-state index contributed by atoms with van der Waals surface area (Å²) in [6, 6.07) is 17.1. The summed E-state index contributed by atoms with van der Waals surface area (Å²) >= 11 is 5.97. The highest BCUT2D eigenvalue weighted by Gasteiger charge is 2.20. The Hall–Kier alpha value is -3.49. The third-order valence-electron chi connectivity index (χ3n) is 6.36. The number of hydrogen-bond donors (Lipinski definition) is 2. The number of ether oxygens (including phenoxy) is 1. The summed E-state index contributed by atoms with van der Waals surface area (Å²) in [6.45, 7) is 4.34. The van der Waals surface area contributed by atoms with E-state index < -0.39 is 5.69 Å². The second-order valence-corrected chi connectivity index (χ2v) is 8.80. The molecule has 1 aliphatic rings. The molecule has 0 radical (unpaired) electrons. The molecule has 4 aromatic rings. The second-order valence-electron chi connectivity index (χ2n) is 8.37. The third kappa shape index (κ3) is 4.34. The number of hydrogen-bond acceptors (Lipinski definition) is 5. The Morgan fingerprint density at radius 1 is 0.941 bits per heavy atom. The fourth-order valence-electron chi connectivity index (χ4n) is 4.46. The van der Waals surface area contributed by atoms with E-state index in [9.17, 15) is 9.59 Å². The van der Waals surface area contributed by atoms with Crippen LogP contribution in [0.1, 0.15) is 0 Å². The zero-order chi connectivity index (χ0) is 23.7. The molecule has 5 rings (SSSR count). The Bertz CT molecular complexity index is 1420. The van der Waals surface area contributed by atoms with E-state index in [1.807, 2.05) is 30.3 Å². The molecular formula is C25H26ClN5O3. The van der Waals surface area contributed by atoms with Gasteiger partial charge in [0.2, 0.25) is 0 Å². The number of aromatic nitrogens is 3. The van der Waals surface area contributed by atoms with Gasteiger partial charge in [0.25, 0.3) is 5.56 Å². The highest BCUT2D eigenvalue weighted by Crippen LogP contribution is 2.28. The first-order chi connectivity index (χ1) is 16.5. The molecule has 0 spiro atoms. The summed E-state index contributed by atoms with van der Waals surface area (Å²) in [6.07, 6.45) is 0. The molecule has 0 aliphatic carbocycles. The number of fused-ring (bicyclic) bond motifs is 1. The topological polar surface area (TPSA) is 86.4 Å². The average molecular weight is 480 g/mol. The van der Waals surface area contributed by atoms with Crippen molar-refractivity contribution in [2.75, 3.05) is 44.7 Å². The zero-order valence-corrected chi connectivity index (χ0v) is 19.6. The van der Waals surface area contributed by atoms with Crippen LogP contribution in [0.5, 0.6) is 5.75 Å². The molecule has 0 saturated carbocycles. The van der Waals surface area contributed by atoms with E-state index in [2.05, 4.69) is 25.8 Å². The lowest BCUT2D eigenvalue weighted by Gasteiger charge is -2.36. The predicted octanol–water partition coefficient (Wildman–Crippen LogP) is 3.17. The van der Waals surface area contributed by atoms with Crippen molar-refractivity contribution in [3.63, 3.8) is 0 Å². The van der Waals surface area contributed by atoms with Crippen molar-refractivity contribution < 1.29 is 4.74 Å². The minimum atomic E-state index is -0.396. The molecule has 0 amide bonds. The molecule has 0 unspecified atom stereocenters. The molecular weight excluding hydrogens is 454 g/mol.